The van der Waals surface area contributed by atoms with Crippen LogP contribution in [0.4, 0.5) is 0 Å². The van der Waals surface area contributed by atoms with E-state index in [1.165, 1.54) is 5.56 Å². The Bertz CT molecular complexity index is 717. The molecule has 0 radical (unpaired) electrons. The van der Waals surface area contributed by atoms with Gasteiger partial charge in [-0.3, -0.25) is 9.67 Å². The first kappa shape index (κ1) is 13.9. The third-order valence-electron chi connectivity index (χ3n) is 3.15. The van der Waals surface area contributed by atoms with Gasteiger partial charge in [0.2, 0.25) is 0 Å². The maximum absolute atomic E-state index is 4.55. The molecule has 0 spiro atoms. The van der Waals surface area contributed by atoms with E-state index in [0.29, 0.717) is 0 Å². The zero-order valence-electron chi connectivity index (χ0n) is 12.1. The van der Waals surface area contributed by atoms with Gasteiger partial charge in [0.15, 0.2) is 0 Å². The van der Waals surface area contributed by atoms with Gasteiger partial charge in [0.25, 0.3) is 0 Å². The lowest BCUT2D eigenvalue weighted by Crippen LogP contribution is -2.13. The van der Waals surface area contributed by atoms with Gasteiger partial charge in [0, 0.05) is 55.2 Å². The highest BCUT2D eigenvalue weighted by atomic mass is 32.1. The lowest BCUT2D eigenvalue weighted by Gasteiger charge is -2.03. The summed E-state index contributed by atoms with van der Waals surface area (Å²) in [5.41, 5.74) is 4.36. The zero-order valence-corrected chi connectivity index (χ0v) is 12.9. The Kier molecular flexibility index (Phi) is 4.08. The van der Waals surface area contributed by atoms with Crippen molar-refractivity contribution < 1.29 is 0 Å². The van der Waals surface area contributed by atoms with Gasteiger partial charge in [-0.1, -0.05) is 0 Å². The van der Waals surface area contributed by atoms with Crippen molar-refractivity contribution in [3.05, 3.63) is 52.4 Å². The number of nitrogens with one attached hydrogen (secondary N) is 1. The molecule has 0 aliphatic carbocycles. The minimum absolute atomic E-state index is 0.766. The Morgan fingerprint density at radius 1 is 1.24 bits per heavy atom. The van der Waals surface area contributed by atoms with Crippen LogP contribution in [0.1, 0.15) is 16.3 Å². The van der Waals surface area contributed by atoms with Gasteiger partial charge in [-0.15, -0.1) is 11.3 Å². The van der Waals surface area contributed by atoms with E-state index in [1.54, 1.807) is 23.7 Å². The van der Waals surface area contributed by atoms with Gasteiger partial charge in [-0.05, 0) is 19.1 Å². The van der Waals surface area contributed by atoms with E-state index in [2.05, 4.69) is 32.0 Å². The first-order valence-electron chi connectivity index (χ1n) is 6.77. The Morgan fingerprint density at radius 3 is 2.76 bits per heavy atom. The number of aromatic nitrogens is 4. The van der Waals surface area contributed by atoms with Crippen LogP contribution in [0.25, 0.3) is 11.3 Å². The molecule has 6 heteroatoms. The summed E-state index contributed by atoms with van der Waals surface area (Å²) in [7, 11) is 1.94. The minimum Gasteiger partial charge on any atom is -0.307 e. The Hall–Kier alpha value is -2.05. The van der Waals surface area contributed by atoms with Gasteiger partial charge in [-0.25, -0.2) is 4.98 Å². The largest absolute Gasteiger partial charge is 0.307 e. The molecule has 3 aromatic heterocycles. The fourth-order valence-electron chi connectivity index (χ4n) is 2.23. The zero-order chi connectivity index (χ0) is 14.7. The molecule has 0 unspecified atom stereocenters. The predicted octanol–water partition coefficient (Wildman–Crippen LogP) is 2.54. The third kappa shape index (κ3) is 3.34. The van der Waals surface area contributed by atoms with Crippen LogP contribution in [0.2, 0.25) is 0 Å². The number of hydrogen-bond acceptors (Lipinski definition) is 5. The molecule has 3 heterocycles. The molecule has 3 aromatic rings. The van der Waals surface area contributed by atoms with Crippen LogP contribution in [-0.2, 0) is 20.1 Å². The Labute approximate surface area is 127 Å². The van der Waals surface area contributed by atoms with Gasteiger partial charge < -0.3 is 5.32 Å². The van der Waals surface area contributed by atoms with Gasteiger partial charge in [-0.2, -0.15) is 5.10 Å². The molecule has 0 bridgehead atoms. The maximum Gasteiger partial charge on any atom is 0.0969 e. The predicted molar refractivity (Wildman–Crippen MR) is 83.8 cm³/mol. The number of thiazole rings is 1. The average molecular weight is 299 g/mol. The van der Waals surface area contributed by atoms with Crippen molar-refractivity contribution in [3.8, 4) is 11.3 Å². The summed E-state index contributed by atoms with van der Waals surface area (Å²) in [6.45, 7) is 3.56. The van der Waals surface area contributed by atoms with Gasteiger partial charge in [0.1, 0.15) is 0 Å². The molecule has 0 amide bonds. The van der Waals surface area contributed by atoms with Crippen molar-refractivity contribution in [1.82, 2.24) is 25.1 Å². The molecule has 1 N–H and O–H groups in total. The second-order valence-electron chi connectivity index (χ2n) is 4.87. The Morgan fingerprint density at radius 2 is 2.05 bits per heavy atom. The van der Waals surface area contributed by atoms with Crippen LogP contribution >= 0.6 is 11.3 Å². The molecule has 21 heavy (non-hydrogen) atoms. The van der Waals surface area contributed by atoms with Crippen molar-refractivity contribution in [1.29, 1.82) is 0 Å². The van der Waals surface area contributed by atoms with E-state index >= 15 is 0 Å². The highest BCUT2D eigenvalue weighted by Crippen LogP contribution is 2.21. The van der Waals surface area contributed by atoms with E-state index in [0.717, 1.165) is 35.0 Å². The number of aryl methyl sites for hydroxylation is 2. The highest BCUT2D eigenvalue weighted by molar-refractivity contribution is 7.09. The monoisotopic (exact) mass is 299 g/mol. The topological polar surface area (TPSA) is 55.6 Å². The van der Waals surface area contributed by atoms with E-state index in [9.17, 15) is 0 Å². The fourth-order valence-corrected chi connectivity index (χ4v) is 2.85. The number of hydrogen-bond donors (Lipinski definition) is 1. The van der Waals surface area contributed by atoms with E-state index < -0.39 is 0 Å². The summed E-state index contributed by atoms with van der Waals surface area (Å²) in [6.07, 6.45) is 5.63. The lowest BCUT2D eigenvalue weighted by atomic mass is 10.1. The molecule has 0 saturated carbocycles. The van der Waals surface area contributed by atoms with Crippen LogP contribution in [0.15, 0.2) is 36.1 Å². The molecule has 0 saturated heterocycles. The minimum atomic E-state index is 0.766. The summed E-state index contributed by atoms with van der Waals surface area (Å²) >= 11 is 1.68. The molecular weight excluding hydrogens is 282 g/mol. The third-order valence-corrected chi connectivity index (χ3v) is 3.97. The van der Waals surface area contributed by atoms with Crippen molar-refractivity contribution >= 4 is 11.3 Å². The quantitative estimate of drug-likeness (QED) is 0.786. The summed E-state index contributed by atoms with van der Waals surface area (Å²) in [5.74, 6) is 0. The van der Waals surface area contributed by atoms with Gasteiger partial charge >= 0.3 is 0 Å². The lowest BCUT2D eigenvalue weighted by molar-refractivity contribution is 0.681. The SMILES string of the molecule is Cc1nc(CNCc2cn(C)nc2-c2ccncc2)cs1. The first-order valence-corrected chi connectivity index (χ1v) is 7.65. The normalized spacial score (nSPS) is 11.0. The Balaban J connectivity index is 1.71. The van der Waals surface area contributed by atoms with Crippen molar-refractivity contribution in [3.63, 3.8) is 0 Å². The average Bonchev–Trinajstić information content (AvgIpc) is 3.06. The van der Waals surface area contributed by atoms with Crippen LogP contribution in [0.5, 0.6) is 0 Å². The molecule has 0 aliphatic rings. The van der Waals surface area contributed by atoms with E-state index in [4.69, 9.17) is 0 Å². The molecule has 5 nitrogen and oxygen atoms in total. The second kappa shape index (κ2) is 6.15. The second-order valence-corrected chi connectivity index (χ2v) is 5.94. The first-order chi connectivity index (χ1) is 10.2. The van der Waals surface area contributed by atoms with Crippen molar-refractivity contribution in [2.24, 2.45) is 7.05 Å². The van der Waals surface area contributed by atoms with Gasteiger partial charge in [0.05, 0.1) is 16.4 Å². The fraction of sp³-hybridized carbons (Fsp3) is 0.267. The summed E-state index contributed by atoms with van der Waals surface area (Å²) < 4.78 is 1.85. The summed E-state index contributed by atoms with van der Waals surface area (Å²) in [6, 6.07) is 3.96. The van der Waals surface area contributed by atoms with E-state index in [-0.39, 0.29) is 0 Å². The standard InChI is InChI=1S/C15H17N5S/c1-11-18-14(10-21-11)8-17-7-13-9-20(2)19-15(13)12-3-5-16-6-4-12/h3-6,9-10,17H,7-8H2,1-2H3. The van der Waals surface area contributed by atoms with Crippen LogP contribution < -0.4 is 5.32 Å². The summed E-state index contributed by atoms with van der Waals surface area (Å²) in [5, 5.41) is 11.2. The van der Waals surface area contributed by atoms with Crippen LogP contribution in [0, 0.1) is 6.92 Å². The smallest absolute Gasteiger partial charge is 0.0969 e. The number of pyridine rings is 1. The van der Waals surface area contributed by atoms with Crippen LogP contribution in [-0.4, -0.2) is 19.7 Å². The van der Waals surface area contributed by atoms with Crippen molar-refractivity contribution in [2.75, 3.05) is 0 Å². The highest BCUT2D eigenvalue weighted by Gasteiger charge is 2.09. The molecule has 108 valence electrons. The summed E-state index contributed by atoms with van der Waals surface area (Å²) in [4.78, 5) is 8.51. The van der Waals surface area contributed by atoms with E-state index in [1.807, 2.05) is 30.8 Å². The number of nitrogens with zero attached hydrogens (tertiary/aromatic N) is 4. The van der Waals surface area contributed by atoms with Crippen molar-refractivity contribution in [2.45, 2.75) is 20.0 Å². The molecule has 3 rings (SSSR count). The molecule has 0 fully saturated rings. The molecule has 0 atom stereocenters. The molecular formula is C15H17N5S. The number of rotatable bonds is 5. The molecule has 0 aliphatic heterocycles. The van der Waals surface area contributed by atoms with Crippen LogP contribution in [0.3, 0.4) is 0 Å². The maximum atomic E-state index is 4.55. The molecule has 0 aromatic carbocycles.